The molecule has 0 radical (unpaired) electrons. The maximum atomic E-state index is 4.60. The Morgan fingerprint density at radius 3 is 2.81 bits per heavy atom. The van der Waals surface area contributed by atoms with E-state index in [9.17, 15) is 0 Å². The fourth-order valence-corrected chi connectivity index (χ4v) is 3.99. The summed E-state index contributed by atoms with van der Waals surface area (Å²) >= 11 is 1.80. The van der Waals surface area contributed by atoms with Crippen molar-refractivity contribution in [2.24, 2.45) is 5.92 Å². The fourth-order valence-electron chi connectivity index (χ4n) is 3.06. The van der Waals surface area contributed by atoms with E-state index in [-0.39, 0.29) is 0 Å². The molecule has 5 heteroatoms. The quantitative estimate of drug-likeness (QED) is 0.921. The van der Waals surface area contributed by atoms with Crippen LogP contribution in [0.25, 0.3) is 10.2 Å². The second kappa shape index (κ2) is 6.71. The van der Waals surface area contributed by atoms with Crippen LogP contribution in [0, 0.1) is 5.92 Å². The minimum Gasteiger partial charge on any atom is -0.356 e. The largest absolute Gasteiger partial charge is 0.356 e. The predicted octanol–water partition coefficient (Wildman–Crippen LogP) is 3.08. The topological polar surface area (TPSA) is 41.0 Å². The van der Waals surface area contributed by atoms with Gasteiger partial charge in [0, 0.05) is 18.0 Å². The molecule has 1 saturated heterocycles. The minimum absolute atomic E-state index is 0.778. The number of anilines is 1. The molecule has 0 atom stereocenters. The second-order valence-electron chi connectivity index (χ2n) is 5.71. The highest BCUT2D eigenvalue weighted by Gasteiger charge is 2.19. The van der Waals surface area contributed by atoms with Crippen molar-refractivity contribution in [1.29, 1.82) is 0 Å². The first-order valence-electron chi connectivity index (χ1n) is 8.00. The zero-order chi connectivity index (χ0) is 14.7. The summed E-state index contributed by atoms with van der Waals surface area (Å²) < 4.78 is 0. The Kier molecular flexibility index (Phi) is 4.70. The zero-order valence-electron chi connectivity index (χ0n) is 12.9. The van der Waals surface area contributed by atoms with Crippen molar-refractivity contribution in [2.75, 3.05) is 31.1 Å². The Bertz CT molecular complexity index is 589. The third-order valence-electron chi connectivity index (χ3n) is 4.33. The lowest BCUT2D eigenvalue weighted by Crippen LogP contribution is -2.36. The molecule has 0 spiro atoms. The average molecular weight is 304 g/mol. The predicted molar refractivity (Wildman–Crippen MR) is 90.3 cm³/mol. The van der Waals surface area contributed by atoms with Gasteiger partial charge in [0.25, 0.3) is 0 Å². The molecular weight excluding hydrogens is 280 g/mol. The molecule has 2 aromatic heterocycles. The number of aromatic nitrogens is 2. The SMILES string of the molecule is CCc1cc2c(N(CC)CC3CCNCC3)ncnc2s1. The minimum atomic E-state index is 0.778. The van der Waals surface area contributed by atoms with Crippen molar-refractivity contribution in [3.8, 4) is 0 Å². The van der Waals surface area contributed by atoms with Crippen LogP contribution in [0.15, 0.2) is 12.4 Å². The van der Waals surface area contributed by atoms with Crippen molar-refractivity contribution in [3.05, 3.63) is 17.3 Å². The highest BCUT2D eigenvalue weighted by molar-refractivity contribution is 7.18. The summed E-state index contributed by atoms with van der Waals surface area (Å²) in [5, 5.41) is 4.68. The van der Waals surface area contributed by atoms with Gasteiger partial charge in [-0.3, -0.25) is 0 Å². The Labute approximate surface area is 130 Å². The Morgan fingerprint density at radius 1 is 1.29 bits per heavy atom. The van der Waals surface area contributed by atoms with Crippen LogP contribution in [-0.2, 0) is 6.42 Å². The van der Waals surface area contributed by atoms with Gasteiger partial charge >= 0.3 is 0 Å². The molecule has 0 saturated carbocycles. The molecule has 1 aliphatic rings. The van der Waals surface area contributed by atoms with Gasteiger partial charge in [-0.05, 0) is 51.3 Å². The summed E-state index contributed by atoms with van der Waals surface area (Å²) in [6.07, 6.45) is 5.34. The molecule has 0 aromatic carbocycles. The van der Waals surface area contributed by atoms with E-state index in [1.165, 1.54) is 23.1 Å². The van der Waals surface area contributed by atoms with E-state index in [0.29, 0.717) is 0 Å². The monoisotopic (exact) mass is 304 g/mol. The Hall–Kier alpha value is -1.20. The summed E-state index contributed by atoms with van der Waals surface area (Å²) in [4.78, 5) is 14.0. The van der Waals surface area contributed by atoms with Gasteiger partial charge in [-0.25, -0.2) is 9.97 Å². The fraction of sp³-hybridized carbons (Fsp3) is 0.625. The van der Waals surface area contributed by atoms with E-state index in [2.05, 4.69) is 40.1 Å². The normalized spacial score (nSPS) is 16.5. The van der Waals surface area contributed by atoms with Crippen LogP contribution in [-0.4, -0.2) is 36.1 Å². The van der Waals surface area contributed by atoms with Crippen molar-refractivity contribution in [2.45, 2.75) is 33.1 Å². The van der Waals surface area contributed by atoms with Crippen LogP contribution >= 0.6 is 11.3 Å². The molecule has 0 unspecified atom stereocenters. The van der Waals surface area contributed by atoms with E-state index >= 15 is 0 Å². The molecule has 4 nitrogen and oxygen atoms in total. The summed E-state index contributed by atoms with van der Waals surface area (Å²) in [5.74, 6) is 1.90. The molecule has 0 amide bonds. The summed E-state index contributed by atoms with van der Waals surface area (Å²) in [7, 11) is 0. The van der Waals surface area contributed by atoms with Crippen LogP contribution in [0.2, 0.25) is 0 Å². The summed E-state index contributed by atoms with van der Waals surface area (Å²) in [5.41, 5.74) is 0. The summed E-state index contributed by atoms with van der Waals surface area (Å²) in [6, 6.07) is 2.28. The van der Waals surface area contributed by atoms with Crippen LogP contribution in [0.4, 0.5) is 5.82 Å². The average Bonchev–Trinajstić information content (AvgIpc) is 2.97. The van der Waals surface area contributed by atoms with Crippen molar-refractivity contribution < 1.29 is 0 Å². The van der Waals surface area contributed by atoms with E-state index in [1.54, 1.807) is 17.7 Å². The summed E-state index contributed by atoms with van der Waals surface area (Å²) in [6.45, 7) is 8.85. The van der Waals surface area contributed by atoms with E-state index in [4.69, 9.17) is 0 Å². The van der Waals surface area contributed by atoms with Crippen molar-refractivity contribution in [1.82, 2.24) is 15.3 Å². The van der Waals surface area contributed by atoms with Crippen molar-refractivity contribution in [3.63, 3.8) is 0 Å². The van der Waals surface area contributed by atoms with E-state index in [1.807, 2.05) is 0 Å². The Morgan fingerprint density at radius 2 is 2.10 bits per heavy atom. The molecule has 1 N–H and O–H groups in total. The van der Waals surface area contributed by atoms with Gasteiger partial charge in [0.15, 0.2) is 0 Å². The first kappa shape index (κ1) is 14.7. The number of rotatable bonds is 5. The van der Waals surface area contributed by atoms with Crippen LogP contribution in [0.3, 0.4) is 0 Å². The molecule has 3 heterocycles. The molecular formula is C16H24N4S. The molecule has 2 aromatic rings. The van der Waals surface area contributed by atoms with Gasteiger partial charge in [-0.2, -0.15) is 0 Å². The number of nitrogens with one attached hydrogen (secondary N) is 1. The first-order chi connectivity index (χ1) is 10.3. The molecule has 21 heavy (non-hydrogen) atoms. The highest BCUT2D eigenvalue weighted by atomic mass is 32.1. The van der Waals surface area contributed by atoms with E-state index < -0.39 is 0 Å². The van der Waals surface area contributed by atoms with Crippen LogP contribution in [0.5, 0.6) is 0 Å². The molecule has 0 aliphatic carbocycles. The highest BCUT2D eigenvalue weighted by Crippen LogP contribution is 2.31. The van der Waals surface area contributed by atoms with Gasteiger partial charge in [0.05, 0.1) is 5.39 Å². The molecule has 0 bridgehead atoms. The number of nitrogens with zero attached hydrogens (tertiary/aromatic N) is 3. The van der Waals surface area contributed by atoms with Gasteiger partial charge in [-0.15, -0.1) is 11.3 Å². The third-order valence-corrected chi connectivity index (χ3v) is 5.51. The number of piperidine rings is 1. The van der Waals surface area contributed by atoms with Gasteiger partial charge in [-0.1, -0.05) is 6.92 Å². The van der Waals surface area contributed by atoms with Gasteiger partial charge in [0.1, 0.15) is 17.0 Å². The van der Waals surface area contributed by atoms with Crippen LogP contribution in [0.1, 0.15) is 31.6 Å². The smallest absolute Gasteiger partial charge is 0.140 e. The lowest BCUT2D eigenvalue weighted by Gasteiger charge is -2.30. The lowest BCUT2D eigenvalue weighted by atomic mass is 9.97. The maximum absolute atomic E-state index is 4.60. The van der Waals surface area contributed by atoms with Gasteiger partial charge < -0.3 is 10.2 Å². The second-order valence-corrected chi connectivity index (χ2v) is 6.83. The molecule has 1 aliphatic heterocycles. The van der Waals surface area contributed by atoms with E-state index in [0.717, 1.165) is 49.2 Å². The third kappa shape index (κ3) is 3.19. The molecule has 114 valence electrons. The maximum Gasteiger partial charge on any atom is 0.140 e. The first-order valence-corrected chi connectivity index (χ1v) is 8.82. The number of hydrogen-bond donors (Lipinski definition) is 1. The molecule has 1 fully saturated rings. The number of fused-ring (bicyclic) bond motifs is 1. The molecule has 3 rings (SSSR count). The van der Waals surface area contributed by atoms with Crippen LogP contribution < -0.4 is 10.2 Å². The Balaban J connectivity index is 1.87. The number of hydrogen-bond acceptors (Lipinski definition) is 5. The van der Waals surface area contributed by atoms with Gasteiger partial charge in [0.2, 0.25) is 0 Å². The number of thiophene rings is 1. The lowest BCUT2D eigenvalue weighted by molar-refractivity contribution is 0.374. The number of aryl methyl sites for hydroxylation is 1. The zero-order valence-corrected chi connectivity index (χ0v) is 13.7. The standard InChI is InChI=1S/C16H24N4S/c1-3-13-9-14-15(18-11-19-16(14)21-13)20(4-2)10-12-5-7-17-8-6-12/h9,11-12,17H,3-8,10H2,1-2H3. The van der Waals surface area contributed by atoms with Crippen molar-refractivity contribution >= 4 is 27.4 Å².